The second kappa shape index (κ2) is 26.0. The largest absolute Gasteiger partial charge is 0.394 e. The molecular weight excluding hydrogens is 1060 g/mol. The molecule has 21 N–H and O–H groups in total. The van der Waals surface area contributed by atoms with Crippen LogP contribution in [0.1, 0.15) is 0 Å². The van der Waals surface area contributed by atoms with E-state index >= 15 is 0 Å². The van der Waals surface area contributed by atoms with Gasteiger partial charge in [0, 0.05) is 0 Å². The second-order valence-electron chi connectivity index (χ2n) is 19.7. The Morgan fingerprint density at radius 1 is 0.156 bits per heavy atom. The first-order chi connectivity index (χ1) is 36.7. The van der Waals surface area contributed by atoms with E-state index in [0.717, 1.165) is 0 Å². The van der Waals surface area contributed by atoms with Gasteiger partial charge in [-0.15, -0.1) is 0 Å². The molecule has 21 aliphatic heterocycles. The highest BCUT2D eigenvalue weighted by Crippen LogP contribution is 2.39. The van der Waals surface area contributed by atoms with Crippen molar-refractivity contribution in [2.45, 2.75) is 215 Å². The van der Waals surface area contributed by atoms with Crippen LogP contribution in [0.5, 0.6) is 0 Å². The van der Waals surface area contributed by atoms with E-state index in [0.29, 0.717) is 0 Å². The van der Waals surface area contributed by atoms with Crippen LogP contribution in [-0.2, 0) is 66.3 Å². The summed E-state index contributed by atoms with van der Waals surface area (Å²) in [6.45, 7) is -7.33. The van der Waals surface area contributed by atoms with E-state index in [1.807, 2.05) is 0 Å². The maximum atomic E-state index is 11.3. The summed E-state index contributed by atoms with van der Waals surface area (Å²) in [5.41, 5.74) is 0. The minimum Gasteiger partial charge on any atom is -0.394 e. The third-order valence-electron chi connectivity index (χ3n) is 14.8. The predicted molar refractivity (Wildman–Crippen MR) is 228 cm³/mol. The number of aliphatic hydroxyl groups excluding tert-OH is 21. The molecule has 0 amide bonds. The molecule has 0 aromatic heterocycles. The fourth-order valence-corrected chi connectivity index (χ4v) is 10.4. The molecule has 21 heterocycles. The smallest absolute Gasteiger partial charge is 0.187 e. The van der Waals surface area contributed by atoms with E-state index in [4.69, 9.17) is 66.3 Å². The van der Waals surface area contributed by atoms with E-state index in [1.54, 1.807) is 0 Å². The fourth-order valence-electron chi connectivity index (χ4n) is 10.4. The number of hydrogen-bond donors (Lipinski definition) is 21. The summed E-state index contributed by atoms with van der Waals surface area (Å²) < 4.78 is 79.5. The number of hydrogen-bond acceptors (Lipinski definition) is 35. The average molecular weight is 1130 g/mol. The molecule has 0 saturated carbocycles. The summed E-state index contributed by atoms with van der Waals surface area (Å²) >= 11 is 0. The lowest BCUT2D eigenvalue weighted by Crippen LogP contribution is -2.68. The van der Waals surface area contributed by atoms with Gasteiger partial charge in [-0.1, -0.05) is 0 Å². The van der Waals surface area contributed by atoms with Gasteiger partial charge in [-0.25, -0.2) is 0 Å². The Labute approximate surface area is 434 Å². The van der Waals surface area contributed by atoms with Crippen molar-refractivity contribution in [3.63, 3.8) is 0 Å². The molecule has 35 heteroatoms. The van der Waals surface area contributed by atoms with Crippen molar-refractivity contribution in [3.05, 3.63) is 0 Å². The van der Waals surface area contributed by atoms with E-state index in [2.05, 4.69) is 0 Å². The Morgan fingerprint density at radius 3 is 0.351 bits per heavy atom. The Kier molecular flexibility index (Phi) is 20.8. The minimum absolute atomic E-state index is 1.05. The lowest BCUT2D eigenvalue weighted by molar-refractivity contribution is -0.396. The SMILES string of the molecule is OCC1O[C@H]2O[C@H]3C(CO)O[C@@H](O[C@H]4C(CO)O[C@@H](O[C@H]5C(CO)O[C@@H](O[C@H]6C(CO)O[C@@H](O[C@H]7C(CO)O[C@@H](O[C@H]8C(CO)O[C@@H](O[C@@H]1C(O)C2O)C(O)C8O)C(O)C7O)C(O)C6O)C(O)C5O)C(O)C4O)C(O)C3O. The van der Waals surface area contributed by atoms with Crippen molar-refractivity contribution in [1.29, 1.82) is 0 Å². The summed E-state index contributed by atoms with van der Waals surface area (Å²) in [6, 6.07) is 0. The third-order valence-corrected chi connectivity index (χ3v) is 14.8. The van der Waals surface area contributed by atoms with Crippen LogP contribution >= 0.6 is 0 Å². The average Bonchev–Trinajstić information content (AvgIpc) is 3.47. The molecule has 0 aromatic carbocycles. The van der Waals surface area contributed by atoms with Crippen LogP contribution in [0, 0.1) is 0 Å². The predicted octanol–water partition coefficient (Wildman–Crippen LogP) is -15.2. The Morgan fingerprint density at radius 2 is 0.260 bits per heavy atom. The van der Waals surface area contributed by atoms with Gasteiger partial charge in [0.25, 0.3) is 0 Å². The second-order valence-corrected chi connectivity index (χ2v) is 19.7. The summed E-state index contributed by atoms with van der Waals surface area (Å²) in [5, 5.41) is 230. The van der Waals surface area contributed by atoms with Gasteiger partial charge in [0.1, 0.15) is 171 Å². The number of aliphatic hydroxyl groups is 21. The van der Waals surface area contributed by atoms with Crippen molar-refractivity contribution in [2.24, 2.45) is 0 Å². The first-order valence-corrected chi connectivity index (χ1v) is 24.6. The van der Waals surface area contributed by atoms with E-state index < -0.39 is 261 Å². The highest BCUT2D eigenvalue weighted by atomic mass is 16.8. The van der Waals surface area contributed by atoms with Crippen LogP contribution in [0.15, 0.2) is 0 Å². The summed E-state index contributed by atoms with van der Waals surface area (Å²) in [4.78, 5) is 0. The topological polar surface area (TPSA) is 554 Å². The van der Waals surface area contributed by atoms with Crippen molar-refractivity contribution >= 4 is 0 Å². The molecule has 0 aromatic rings. The molecule has 21 saturated heterocycles. The Hall–Kier alpha value is -1.40. The molecule has 21 aliphatic rings. The van der Waals surface area contributed by atoms with Gasteiger partial charge in [-0.3, -0.25) is 0 Å². The normalized spacial score (nSPS) is 55.4. The zero-order valence-corrected chi connectivity index (χ0v) is 40.3. The molecule has 77 heavy (non-hydrogen) atoms. The lowest BCUT2D eigenvalue weighted by atomic mass is 9.95. The van der Waals surface area contributed by atoms with Crippen LogP contribution in [0.3, 0.4) is 0 Å². The summed E-state index contributed by atoms with van der Waals surface area (Å²) in [7, 11) is 0. The van der Waals surface area contributed by atoms with Crippen LogP contribution < -0.4 is 0 Å². The van der Waals surface area contributed by atoms with E-state index in [1.165, 1.54) is 0 Å². The van der Waals surface area contributed by atoms with Gasteiger partial charge in [-0.2, -0.15) is 0 Å². The molecule has 21 rings (SSSR count). The molecule has 14 bridgehead atoms. The molecule has 0 radical (unpaired) electrons. The van der Waals surface area contributed by atoms with Gasteiger partial charge >= 0.3 is 0 Å². The molecule has 21 unspecified atom stereocenters. The lowest BCUT2D eigenvalue weighted by Gasteiger charge is -2.50. The monoisotopic (exact) mass is 1130 g/mol. The molecule has 35 atom stereocenters. The highest BCUT2D eigenvalue weighted by Gasteiger charge is 2.59. The van der Waals surface area contributed by atoms with Gasteiger partial charge < -0.3 is 174 Å². The number of rotatable bonds is 7. The van der Waals surface area contributed by atoms with Crippen molar-refractivity contribution < 1.29 is 174 Å². The first kappa shape index (κ1) is 61.7. The fraction of sp³-hybridized carbons (Fsp3) is 1.00. The Bertz CT molecular complexity index is 1470. The van der Waals surface area contributed by atoms with Crippen molar-refractivity contribution in [1.82, 2.24) is 0 Å². The van der Waals surface area contributed by atoms with Crippen LogP contribution in [-0.4, -0.2) is 368 Å². The molecule has 35 nitrogen and oxygen atoms in total. The number of ether oxygens (including phenoxy) is 14. The zero-order valence-electron chi connectivity index (χ0n) is 40.3. The standard InChI is InChI=1S/C42H70O35/c43-1-8-29-15(50)22(57)36(64-8)72-30-9(2-44)66-38(24(59)17(30)52)74-32-11(4-46)68-40(26(61)19(32)54)76-34-13(6-48)70-42(28(63)21(34)56)77-35-14(7-49)69-41(27(62)20(35)55)75-33-12(5-47)67-39(25(60)18(33)53)73-31-10(3-45)65-37(71-29)23(58)16(31)51/h8-63H,1-7H2/t8?,9?,10?,11?,12?,13?,14?,15?,16?,17?,18?,19?,20?,21?,22?,23?,24?,25?,26?,27?,28?,29-,30-,31-,32-,33-,34-,35-,36-,37-,38-,39-,40-,41-,42-/m0/s1. The van der Waals surface area contributed by atoms with E-state index in [-0.39, 0.29) is 0 Å². The van der Waals surface area contributed by atoms with Crippen LogP contribution in [0.25, 0.3) is 0 Å². The highest BCUT2D eigenvalue weighted by molar-refractivity contribution is 5.01. The zero-order chi connectivity index (χ0) is 56.1. The first-order valence-electron chi connectivity index (χ1n) is 24.6. The maximum Gasteiger partial charge on any atom is 0.187 e. The van der Waals surface area contributed by atoms with Crippen molar-refractivity contribution in [3.8, 4) is 0 Å². The van der Waals surface area contributed by atoms with E-state index in [9.17, 15) is 107 Å². The minimum atomic E-state index is -2.21. The molecule has 448 valence electrons. The summed E-state index contributed by atoms with van der Waals surface area (Å²) in [6.07, 6.45) is -70.2. The van der Waals surface area contributed by atoms with Crippen LogP contribution in [0.2, 0.25) is 0 Å². The molecular formula is C42H70O35. The van der Waals surface area contributed by atoms with Crippen LogP contribution in [0.4, 0.5) is 0 Å². The molecule has 0 spiro atoms. The third kappa shape index (κ3) is 12.1. The van der Waals surface area contributed by atoms with Crippen molar-refractivity contribution in [2.75, 3.05) is 46.2 Å². The summed E-state index contributed by atoms with van der Waals surface area (Å²) in [5.74, 6) is 0. The van der Waals surface area contributed by atoms with Gasteiger partial charge in [0.15, 0.2) is 44.0 Å². The quantitative estimate of drug-likeness (QED) is 0.113. The molecule has 21 fully saturated rings. The maximum absolute atomic E-state index is 11.3. The van der Waals surface area contributed by atoms with Gasteiger partial charge in [-0.05, 0) is 0 Å². The Balaban J connectivity index is 1.08. The molecule has 0 aliphatic carbocycles. The van der Waals surface area contributed by atoms with Gasteiger partial charge in [0.2, 0.25) is 0 Å². The van der Waals surface area contributed by atoms with Gasteiger partial charge in [0.05, 0.1) is 46.2 Å².